The van der Waals surface area contributed by atoms with Gasteiger partial charge >= 0.3 is 10.7 Å². The molecule has 0 unspecified atom stereocenters. The summed E-state index contributed by atoms with van der Waals surface area (Å²) in [5, 5.41) is 0. The minimum Gasteiger partial charge on any atom is -0.307 e. The monoisotopic (exact) mass is 277 g/mol. The molecule has 5 heteroatoms. The molecule has 0 saturated carbocycles. The Morgan fingerprint density at radius 2 is 1.93 bits per heavy atom. The molecule has 15 heavy (non-hydrogen) atoms. The molecule has 0 atom stereocenters. The normalized spacial score (nSPS) is 11.2. The second kappa shape index (κ2) is 4.70. The summed E-state index contributed by atoms with van der Waals surface area (Å²) < 4.78 is 25.5. The highest BCUT2D eigenvalue weighted by molar-refractivity contribution is 9.10. The molecule has 0 aliphatic heterocycles. The van der Waals surface area contributed by atoms with E-state index >= 15 is 0 Å². The van der Waals surface area contributed by atoms with E-state index in [9.17, 15) is 13.6 Å². The van der Waals surface area contributed by atoms with Crippen molar-refractivity contribution in [3.8, 4) is 0 Å². The molecule has 2 nitrogen and oxygen atoms in total. The lowest BCUT2D eigenvalue weighted by molar-refractivity contribution is -0.131. The first-order valence-corrected chi connectivity index (χ1v) is 5.20. The SMILES string of the molecule is CCN(C(=O)C(F)(F)Br)c1ccccc1. The Labute approximate surface area is 95.0 Å². The van der Waals surface area contributed by atoms with Crippen molar-refractivity contribution in [1.82, 2.24) is 0 Å². The van der Waals surface area contributed by atoms with Gasteiger partial charge in [0, 0.05) is 28.2 Å². The predicted octanol–water partition coefficient (Wildman–Crippen LogP) is 3.03. The highest BCUT2D eigenvalue weighted by atomic mass is 79.9. The highest BCUT2D eigenvalue weighted by Gasteiger charge is 2.38. The lowest BCUT2D eigenvalue weighted by Crippen LogP contribution is -2.40. The number of hydrogen-bond acceptors (Lipinski definition) is 1. The molecule has 0 heterocycles. The molecule has 1 aromatic rings. The summed E-state index contributed by atoms with van der Waals surface area (Å²) in [7, 11) is 0. The van der Waals surface area contributed by atoms with Crippen LogP contribution in [-0.2, 0) is 4.79 Å². The molecule has 0 radical (unpaired) electrons. The zero-order chi connectivity index (χ0) is 11.5. The lowest BCUT2D eigenvalue weighted by Gasteiger charge is -2.22. The third-order valence-corrected chi connectivity index (χ3v) is 2.21. The van der Waals surface area contributed by atoms with Crippen molar-refractivity contribution in [3.05, 3.63) is 30.3 Å². The van der Waals surface area contributed by atoms with Crippen LogP contribution in [0, 0.1) is 0 Å². The van der Waals surface area contributed by atoms with Crippen molar-refractivity contribution < 1.29 is 13.6 Å². The zero-order valence-corrected chi connectivity index (χ0v) is 9.67. The topological polar surface area (TPSA) is 20.3 Å². The molecular formula is C10H10BrF2NO. The summed E-state index contributed by atoms with van der Waals surface area (Å²) >= 11 is 2.06. The molecular weight excluding hydrogens is 268 g/mol. The molecule has 82 valence electrons. The second-order valence-corrected chi connectivity index (χ2v) is 3.88. The summed E-state index contributed by atoms with van der Waals surface area (Å²) in [6.45, 7) is 1.84. The molecule has 0 aliphatic rings. The fourth-order valence-corrected chi connectivity index (χ4v) is 1.42. The van der Waals surface area contributed by atoms with Crippen molar-refractivity contribution in [1.29, 1.82) is 0 Å². The number of hydrogen-bond donors (Lipinski definition) is 0. The van der Waals surface area contributed by atoms with Gasteiger partial charge < -0.3 is 4.90 Å². The van der Waals surface area contributed by atoms with Crippen molar-refractivity contribution in [2.75, 3.05) is 11.4 Å². The number of amides is 1. The first-order valence-electron chi connectivity index (χ1n) is 4.40. The van der Waals surface area contributed by atoms with Crippen LogP contribution in [-0.4, -0.2) is 17.3 Å². The molecule has 0 aromatic heterocycles. The van der Waals surface area contributed by atoms with Crippen molar-refractivity contribution >= 4 is 27.5 Å². The Balaban J connectivity index is 2.96. The Kier molecular flexibility index (Phi) is 3.79. The van der Waals surface area contributed by atoms with E-state index < -0.39 is 10.7 Å². The molecule has 0 N–H and O–H groups in total. The van der Waals surface area contributed by atoms with E-state index in [0.717, 1.165) is 4.90 Å². The Bertz CT molecular complexity index is 337. The molecule has 1 amide bonds. The summed E-state index contributed by atoms with van der Waals surface area (Å²) in [6, 6.07) is 8.36. The number of benzene rings is 1. The van der Waals surface area contributed by atoms with Gasteiger partial charge in [-0.25, -0.2) is 0 Å². The average molecular weight is 278 g/mol. The van der Waals surface area contributed by atoms with Crippen LogP contribution in [0.2, 0.25) is 0 Å². The van der Waals surface area contributed by atoms with Gasteiger partial charge in [0.25, 0.3) is 0 Å². The van der Waals surface area contributed by atoms with E-state index in [0.29, 0.717) is 5.69 Å². The number of anilines is 1. The van der Waals surface area contributed by atoms with Crippen molar-refractivity contribution in [2.24, 2.45) is 0 Å². The van der Waals surface area contributed by atoms with Gasteiger partial charge in [-0.3, -0.25) is 4.79 Å². The number of carbonyl (C=O) groups excluding carboxylic acids is 1. The highest BCUT2D eigenvalue weighted by Crippen LogP contribution is 2.27. The van der Waals surface area contributed by atoms with Gasteiger partial charge in [-0.05, 0) is 19.1 Å². The van der Waals surface area contributed by atoms with Gasteiger partial charge in [-0.2, -0.15) is 8.78 Å². The number of halogens is 3. The Morgan fingerprint density at radius 1 is 1.40 bits per heavy atom. The zero-order valence-electron chi connectivity index (χ0n) is 8.08. The van der Waals surface area contributed by atoms with Crippen LogP contribution in [0.5, 0.6) is 0 Å². The average Bonchev–Trinajstić information content (AvgIpc) is 2.19. The number of rotatable bonds is 3. The lowest BCUT2D eigenvalue weighted by atomic mass is 10.3. The Hall–Kier alpha value is -0.970. The Morgan fingerprint density at radius 3 is 2.33 bits per heavy atom. The van der Waals surface area contributed by atoms with Gasteiger partial charge in [0.15, 0.2) is 0 Å². The predicted molar refractivity (Wildman–Crippen MR) is 58.3 cm³/mol. The third kappa shape index (κ3) is 2.99. The molecule has 0 aliphatic carbocycles. The van der Waals surface area contributed by atoms with Crippen LogP contribution in [0.1, 0.15) is 6.92 Å². The van der Waals surface area contributed by atoms with E-state index in [1.54, 1.807) is 37.3 Å². The molecule has 1 rings (SSSR count). The van der Waals surface area contributed by atoms with Crippen LogP contribution in [0.15, 0.2) is 30.3 Å². The minimum atomic E-state index is -3.52. The largest absolute Gasteiger partial charge is 0.378 e. The quantitative estimate of drug-likeness (QED) is 0.778. The second-order valence-electron chi connectivity index (χ2n) is 2.88. The van der Waals surface area contributed by atoms with Gasteiger partial charge in [-0.15, -0.1) is 0 Å². The molecule has 0 fully saturated rings. The van der Waals surface area contributed by atoms with E-state index in [2.05, 4.69) is 15.9 Å². The molecule has 1 aromatic carbocycles. The summed E-state index contributed by atoms with van der Waals surface area (Å²) in [4.78, 5) is 8.83. The number of carbonyl (C=O) groups is 1. The molecule has 0 bridgehead atoms. The van der Waals surface area contributed by atoms with E-state index in [1.807, 2.05) is 0 Å². The number of alkyl halides is 3. The first-order chi connectivity index (χ1) is 6.96. The van der Waals surface area contributed by atoms with Crippen LogP contribution < -0.4 is 4.90 Å². The number of nitrogens with zero attached hydrogens (tertiary/aromatic N) is 1. The van der Waals surface area contributed by atoms with Gasteiger partial charge in [-0.1, -0.05) is 18.2 Å². The maximum absolute atomic E-state index is 12.8. The van der Waals surface area contributed by atoms with E-state index in [4.69, 9.17) is 0 Å². The van der Waals surface area contributed by atoms with Crippen molar-refractivity contribution in [3.63, 3.8) is 0 Å². The summed E-state index contributed by atoms with van der Waals surface area (Å²) in [5.41, 5.74) is 0.462. The minimum absolute atomic E-state index is 0.198. The molecule has 0 saturated heterocycles. The summed E-state index contributed by atoms with van der Waals surface area (Å²) in [5.74, 6) is -1.25. The fraction of sp³-hybridized carbons (Fsp3) is 0.300. The van der Waals surface area contributed by atoms with E-state index in [1.165, 1.54) is 0 Å². The van der Waals surface area contributed by atoms with Crippen LogP contribution in [0.4, 0.5) is 14.5 Å². The van der Waals surface area contributed by atoms with Gasteiger partial charge in [0.2, 0.25) is 0 Å². The van der Waals surface area contributed by atoms with Gasteiger partial charge in [0.05, 0.1) is 0 Å². The number of para-hydroxylation sites is 1. The maximum atomic E-state index is 12.8. The standard InChI is InChI=1S/C10H10BrF2NO/c1-2-14(9(15)10(11,12)13)8-6-4-3-5-7-8/h3-7H,2H2,1H3. The van der Waals surface area contributed by atoms with Crippen LogP contribution in [0.25, 0.3) is 0 Å². The first kappa shape index (κ1) is 12.1. The fourth-order valence-electron chi connectivity index (χ4n) is 1.20. The maximum Gasteiger partial charge on any atom is 0.378 e. The van der Waals surface area contributed by atoms with Crippen molar-refractivity contribution in [2.45, 2.75) is 11.8 Å². The molecule has 0 spiro atoms. The van der Waals surface area contributed by atoms with Crippen LogP contribution >= 0.6 is 15.9 Å². The summed E-state index contributed by atoms with van der Waals surface area (Å²) in [6.07, 6.45) is 0. The van der Waals surface area contributed by atoms with E-state index in [-0.39, 0.29) is 6.54 Å². The van der Waals surface area contributed by atoms with Crippen LogP contribution in [0.3, 0.4) is 0 Å². The van der Waals surface area contributed by atoms with Gasteiger partial charge in [0.1, 0.15) is 0 Å². The smallest absolute Gasteiger partial charge is 0.307 e. The third-order valence-electron chi connectivity index (χ3n) is 1.87.